The molecule has 0 spiro atoms. The fourth-order valence-corrected chi connectivity index (χ4v) is 4.98. The number of hydrogen-bond donors (Lipinski definition) is 3. The van der Waals surface area contributed by atoms with Gasteiger partial charge in [-0.05, 0) is 31.0 Å². The quantitative estimate of drug-likeness (QED) is 0.384. The third-order valence-corrected chi connectivity index (χ3v) is 6.75. The number of ether oxygens (including phenoxy) is 2. The van der Waals surface area contributed by atoms with Gasteiger partial charge in [-0.15, -0.1) is 0 Å². The number of fused-ring (bicyclic) bond motifs is 1. The molecule has 0 aliphatic carbocycles. The van der Waals surface area contributed by atoms with E-state index in [1.165, 1.54) is 24.3 Å². The number of rotatable bonds is 8. The lowest BCUT2D eigenvalue weighted by atomic mass is 10.0. The molecule has 38 heavy (non-hydrogen) atoms. The monoisotopic (exact) mass is 523 g/mol. The van der Waals surface area contributed by atoms with Crippen molar-refractivity contribution in [1.82, 2.24) is 20.2 Å². The topological polar surface area (TPSA) is 109 Å². The van der Waals surface area contributed by atoms with Gasteiger partial charge in [0.2, 0.25) is 0 Å². The zero-order valence-corrected chi connectivity index (χ0v) is 20.8. The third kappa shape index (κ3) is 4.67. The highest BCUT2D eigenvalue weighted by molar-refractivity contribution is 6.06. The number of nitrogens with zero attached hydrogens (tertiary/aromatic N) is 2. The van der Waals surface area contributed by atoms with Gasteiger partial charge in [0.05, 0.1) is 42.0 Å². The second-order valence-corrected chi connectivity index (χ2v) is 9.06. The lowest BCUT2D eigenvalue weighted by molar-refractivity contribution is -0.129. The van der Waals surface area contributed by atoms with E-state index in [1.807, 2.05) is 0 Å². The molecule has 0 saturated carbocycles. The SMILES string of the molecule is C=C(F)C(=O)N1CCC[C@H]1COc1cnccc1-c1[nH]c2c(c1Nc1cccc(F)c1OC)C(=O)NCC2. The fourth-order valence-electron chi connectivity index (χ4n) is 4.98. The molecule has 3 N–H and O–H groups in total. The van der Waals surface area contributed by atoms with Crippen LogP contribution in [0.25, 0.3) is 11.3 Å². The minimum absolute atomic E-state index is 0.0104. The van der Waals surface area contributed by atoms with Crippen LogP contribution in [-0.2, 0) is 11.2 Å². The second-order valence-electron chi connectivity index (χ2n) is 9.06. The normalized spacial score (nSPS) is 16.6. The molecule has 2 aliphatic rings. The van der Waals surface area contributed by atoms with Crippen molar-refractivity contribution in [1.29, 1.82) is 0 Å². The number of amides is 2. The molecule has 3 aromatic rings. The van der Waals surface area contributed by atoms with Crippen molar-refractivity contribution >= 4 is 23.2 Å². The number of benzene rings is 1. The zero-order chi connectivity index (χ0) is 26.8. The number of aromatic amines is 1. The summed E-state index contributed by atoms with van der Waals surface area (Å²) in [6, 6.07) is 5.90. The van der Waals surface area contributed by atoms with Crippen molar-refractivity contribution in [2.75, 3.05) is 32.1 Å². The number of halogens is 2. The molecular weight excluding hydrogens is 496 g/mol. The van der Waals surface area contributed by atoms with Gasteiger partial charge in [-0.3, -0.25) is 14.6 Å². The molecule has 198 valence electrons. The van der Waals surface area contributed by atoms with E-state index in [0.29, 0.717) is 59.9 Å². The predicted molar refractivity (Wildman–Crippen MR) is 137 cm³/mol. The van der Waals surface area contributed by atoms with Crippen LogP contribution >= 0.6 is 0 Å². The maximum atomic E-state index is 14.4. The van der Waals surface area contributed by atoms with Gasteiger partial charge in [-0.25, -0.2) is 8.78 Å². The van der Waals surface area contributed by atoms with Crippen LogP contribution in [0, 0.1) is 5.82 Å². The fraction of sp³-hybridized carbons (Fsp3) is 0.296. The Bertz CT molecular complexity index is 1410. The van der Waals surface area contributed by atoms with E-state index in [2.05, 4.69) is 27.2 Å². The number of anilines is 2. The Labute approximate surface area is 217 Å². The summed E-state index contributed by atoms with van der Waals surface area (Å²) in [7, 11) is 1.37. The number of H-pyrrole nitrogens is 1. The summed E-state index contributed by atoms with van der Waals surface area (Å²) in [5, 5.41) is 6.04. The van der Waals surface area contributed by atoms with Gasteiger partial charge in [0, 0.05) is 37.0 Å². The molecule has 0 bridgehead atoms. The molecule has 4 heterocycles. The summed E-state index contributed by atoms with van der Waals surface area (Å²) < 4.78 is 39.3. The summed E-state index contributed by atoms with van der Waals surface area (Å²) in [6.45, 7) is 4.15. The van der Waals surface area contributed by atoms with Crippen molar-refractivity contribution < 1.29 is 27.8 Å². The largest absolute Gasteiger partial charge is 0.492 e. The number of likely N-dealkylation sites (tertiary alicyclic amines) is 1. The van der Waals surface area contributed by atoms with E-state index in [1.54, 1.807) is 24.4 Å². The first kappa shape index (κ1) is 25.2. The summed E-state index contributed by atoms with van der Waals surface area (Å²) in [5.74, 6) is -2.14. The van der Waals surface area contributed by atoms with E-state index in [4.69, 9.17) is 9.47 Å². The number of methoxy groups -OCH3 is 1. The van der Waals surface area contributed by atoms with Gasteiger partial charge in [-0.1, -0.05) is 12.6 Å². The molecular formula is C27H27F2N5O4. The lowest BCUT2D eigenvalue weighted by Gasteiger charge is -2.24. The second kappa shape index (κ2) is 10.5. The molecule has 0 radical (unpaired) electrons. The highest BCUT2D eigenvalue weighted by Gasteiger charge is 2.32. The van der Waals surface area contributed by atoms with Crippen LogP contribution in [0.4, 0.5) is 20.2 Å². The Morgan fingerprint density at radius 1 is 1.34 bits per heavy atom. The Balaban J connectivity index is 1.51. The maximum Gasteiger partial charge on any atom is 0.282 e. The molecule has 1 aromatic carbocycles. The average molecular weight is 524 g/mol. The molecule has 2 amide bonds. The zero-order valence-electron chi connectivity index (χ0n) is 20.8. The summed E-state index contributed by atoms with van der Waals surface area (Å²) in [5.41, 5.74) is 3.06. The first-order valence-electron chi connectivity index (χ1n) is 12.2. The summed E-state index contributed by atoms with van der Waals surface area (Å²) in [4.78, 5) is 34.1. The van der Waals surface area contributed by atoms with Crippen molar-refractivity contribution in [3.63, 3.8) is 0 Å². The molecule has 0 unspecified atom stereocenters. The summed E-state index contributed by atoms with van der Waals surface area (Å²) in [6.07, 6.45) is 5.10. The van der Waals surface area contributed by atoms with Gasteiger partial charge in [0.1, 0.15) is 12.4 Å². The van der Waals surface area contributed by atoms with E-state index in [0.717, 1.165) is 12.1 Å². The van der Waals surface area contributed by atoms with Gasteiger partial charge >= 0.3 is 0 Å². The van der Waals surface area contributed by atoms with Crippen LogP contribution in [0.1, 0.15) is 28.9 Å². The molecule has 2 aliphatic heterocycles. The number of hydrogen-bond acceptors (Lipinski definition) is 6. The molecule has 1 saturated heterocycles. The number of carbonyl (C=O) groups excluding carboxylic acids is 2. The van der Waals surface area contributed by atoms with Crippen LogP contribution in [0.5, 0.6) is 11.5 Å². The van der Waals surface area contributed by atoms with Crippen molar-refractivity contribution in [3.05, 3.63) is 66.1 Å². The van der Waals surface area contributed by atoms with Gasteiger partial charge < -0.3 is 30.0 Å². The van der Waals surface area contributed by atoms with Crippen LogP contribution in [0.3, 0.4) is 0 Å². The van der Waals surface area contributed by atoms with Crippen LogP contribution in [0.2, 0.25) is 0 Å². The first-order valence-corrected chi connectivity index (χ1v) is 12.2. The number of nitrogens with one attached hydrogen (secondary N) is 3. The lowest BCUT2D eigenvalue weighted by Crippen LogP contribution is -2.39. The Morgan fingerprint density at radius 3 is 2.97 bits per heavy atom. The van der Waals surface area contributed by atoms with Crippen molar-refractivity contribution in [2.24, 2.45) is 0 Å². The minimum atomic E-state index is -1.00. The third-order valence-electron chi connectivity index (χ3n) is 6.75. The van der Waals surface area contributed by atoms with E-state index in [9.17, 15) is 18.4 Å². The highest BCUT2D eigenvalue weighted by Crippen LogP contribution is 2.42. The number of aromatic nitrogens is 2. The first-order chi connectivity index (χ1) is 18.4. The molecule has 1 fully saturated rings. The number of carbonyl (C=O) groups is 2. The van der Waals surface area contributed by atoms with Crippen molar-refractivity contribution in [3.8, 4) is 22.8 Å². The van der Waals surface area contributed by atoms with E-state index >= 15 is 0 Å². The van der Waals surface area contributed by atoms with Gasteiger partial charge in [-0.2, -0.15) is 0 Å². The van der Waals surface area contributed by atoms with Crippen LogP contribution in [-0.4, -0.2) is 59.5 Å². The molecule has 2 aromatic heterocycles. The molecule has 5 rings (SSSR count). The van der Waals surface area contributed by atoms with Gasteiger partial charge in [0.15, 0.2) is 17.4 Å². The van der Waals surface area contributed by atoms with Crippen LogP contribution in [0.15, 0.2) is 49.1 Å². The number of para-hydroxylation sites is 1. The molecule has 1 atom stereocenters. The average Bonchev–Trinajstić information content (AvgIpc) is 3.53. The Kier molecular flexibility index (Phi) is 6.99. The molecule has 11 heteroatoms. The number of pyridine rings is 1. The van der Waals surface area contributed by atoms with E-state index < -0.39 is 17.6 Å². The van der Waals surface area contributed by atoms with E-state index in [-0.39, 0.29) is 24.3 Å². The van der Waals surface area contributed by atoms with Gasteiger partial charge in [0.25, 0.3) is 11.8 Å². The maximum absolute atomic E-state index is 14.4. The standard InChI is InChI=1S/C27H27F2N5O4/c1-15(28)27(36)34-12-4-5-16(34)14-38-21-13-30-10-8-17(21)23-24(22-19(32-23)9-11-31-26(22)35)33-20-7-3-6-18(29)25(20)37-2/h3,6-8,10,13,16,32-33H,1,4-5,9,11-12,14H2,2H3,(H,31,35)/t16-/m0/s1. The smallest absolute Gasteiger partial charge is 0.282 e. The molecule has 9 nitrogen and oxygen atoms in total. The Hall–Kier alpha value is -4.41. The van der Waals surface area contributed by atoms with Crippen LogP contribution < -0.4 is 20.1 Å². The minimum Gasteiger partial charge on any atom is -0.492 e. The Morgan fingerprint density at radius 2 is 2.18 bits per heavy atom. The highest BCUT2D eigenvalue weighted by atomic mass is 19.1. The van der Waals surface area contributed by atoms with Crippen molar-refractivity contribution in [2.45, 2.75) is 25.3 Å². The summed E-state index contributed by atoms with van der Waals surface area (Å²) >= 11 is 0. The predicted octanol–water partition coefficient (Wildman–Crippen LogP) is 4.11.